The van der Waals surface area contributed by atoms with Gasteiger partial charge in [0.15, 0.2) is 11.5 Å². The average molecular weight is 416 g/mol. The average Bonchev–Trinajstić information content (AvgIpc) is 2.72. The molecule has 3 rings (SSSR count). The van der Waals surface area contributed by atoms with Crippen LogP contribution < -0.4 is 19.7 Å². The van der Waals surface area contributed by atoms with Gasteiger partial charge in [-0.25, -0.2) is 4.39 Å². The molecule has 0 fully saturated rings. The molecule has 0 aliphatic carbocycles. The number of methoxy groups -OCH3 is 2. The first-order valence-electron chi connectivity index (χ1n) is 10.5. The minimum absolute atomic E-state index is 0.0134. The molecule has 1 aliphatic rings. The molecule has 2 N–H and O–H groups in total. The number of quaternary nitrogens is 1. The van der Waals surface area contributed by atoms with Gasteiger partial charge in [-0.3, -0.25) is 4.79 Å². The molecular weight excluding hydrogens is 383 g/mol. The van der Waals surface area contributed by atoms with Gasteiger partial charge in [0.2, 0.25) is 5.91 Å². The molecule has 0 bridgehead atoms. The topological polar surface area (TPSA) is 52.0 Å². The lowest BCUT2D eigenvalue weighted by molar-refractivity contribution is -0.948. The number of amides is 1. The second-order valence-corrected chi connectivity index (χ2v) is 8.30. The van der Waals surface area contributed by atoms with Crippen molar-refractivity contribution in [3.63, 3.8) is 0 Å². The summed E-state index contributed by atoms with van der Waals surface area (Å²) in [6.45, 7) is 7.39. The van der Waals surface area contributed by atoms with Crippen LogP contribution >= 0.6 is 0 Å². The largest absolute Gasteiger partial charge is 0.493 e. The van der Waals surface area contributed by atoms with Crippen LogP contribution in [0.1, 0.15) is 43.5 Å². The van der Waals surface area contributed by atoms with Gasteiger partial charge in [0.05, 0.1) is 26.8 Å². The summed E-state index contributed by atoms with van der Waals surface area (Å²) in [7, 11) is 3.26. The molecule has 3 atom stereocenters. The van der Waals surface area contributed by atoms with Gasteiger partial charge in [-0.15, -0.1) is 0 Å². The van der Waals surface area contributed by atoms with E-state index in [1.165, 1.54) is 16.5 Å². The molecule has 1 unspecified atom stereocenters. The van der Waals surface area contributed by atoms with Crippen LogP contribution in [0.5, 0.6) is 11.5 Å². The highest BCUT2D eigenvalue weighted by Crippen LogP contribution is 2.35. The van der Waals surface area contributed by atoms with Gasteiger partial charge in [-0.2, -0.15) is 0 Å². The molecule has 5 nitrogen and oxygen atoms in total. The van der Waals surface area contributed by atoms with E-state index in [4.69, 9.17) is 9.47 Å². The zero-order valence-electron chi connectivity index (χ0n) is 18.4. The Morgan fingerprint density at radius 3 is 2.50 bits per heavy atom. The number of halogens is 1. The summed E-state index contributed by atoms with van der Waals surface area (Å²) < 4.78 is 24.8. The number of fused-ring (bicyclic) bond motifs is 1. The Hall–Kier alpha value is -2.60. The van der Waals surface area contributed by atoms with Gasteiger partial charge in [0.25, 0.3) is 0 Å². The fraction of sp³-hybridized carbons (Fsp3) is 0.458. The maximum Gasteiger partial charge on any atom is 0.222 e. The third-order valence-corrected chi connectivity index (χ3v) is 5.85. The predicted octanol–water partition coefficient (Wildman–Crippen LogP) is 2.69. The van der Waals surface area contributed by atoms with Crippen LogP contribution in [0.15, 0.2) is 36.4 Å². The number of benzene rings is 2. The quantitative estimate of drug-likeness (QED) is 0.731. The number of carbonyl (C=O) groups excluding carboxylic acids is 1. The summed E-state index contributed by atoms with van der Waals surface area (Å²) in [6, 6.07) is 10.7. The maximum absolute atomic E-state index is 13.8. The van der Waals surface area contributed by atoms with Crippen molar-refractivity contribution in [1.82, 2.24) is 5.32 Å². The lowest BCUT2D eigenvalue weighted by Crippen LogP contribution is -3.13. The van der Waals surface area contributed by atoms with Crippen LogP contribution in [0.2, 0.25) is 0 Å². The van der Waals surface area contributed by atoms with Crippen LogP contribution in [0.3, 0.4) is 0 Å². The van der Waals surface area contributed by atoms with Crippen LogP contribution in [0.4, 0.5) is 4.39 Å². The first-order valence-corrected chi connectivity index (χ1v) is 10.5. The van der Waals surface area contributed by atoms with Crippen molar-refractivity contribution in [2.75, 3.05) is 20.8 Å². The standard InChI is InChI=1S/C24H31FN2O3/c1-15(2)24(28)26-16(3)23-20-13-22(30-5)21(29-4)12-18(20)9-10-27(23)14-17-7-6-8-19(25)11-17/h6-8,11-13,15-16,23H,9-10,14H2,1-5H3,(H,26,28)/p+1/t16-,23+/m0/s1. The maximum atomic E-state index is 13.8. The van der Waals surface area contributed by atoms with Gasteiger partial charge in [-0.05, 0) is 36.8 Å². The summed E-state index contributed by atoms with van der Waals surface area (Å²) >= 11 is 0. The molecule has 0 spiro atoms. The van der Waals surface area contributed by atoms with Crippen LogP contribution in [-0.2, 0) is 17.8 Å². The van der Waals surface area contributed by atoms with E-state index in [9.17, 15) is 9.18 Å². The minimum Gasteiger partial charge on any atom is -0.493 e. The number of hydrogen-bond acceptors (Lipinski definition) is 3. The Labute approximate surface area is 178 Å². The molecule has 0 aromatic heterocycles. The summed E-state index contributed by atoms with van der Waals surface area (Å²) in [4.78, 5) is 13.7. The fourth-order valence-corrected chi connectivity index (χ4v) is 4.32. The van der Waals surface area contributed by atoms with Crippen molar-refractivity contribution in [3.8, 4) is 11.5 Å². The Kier molecular flexibility index (Phi) is 6.98. The summed E-state index contributed by atoms with van der Waals surface area (Å²) in [5.41, 5.74) is 3.29. The second kappa shape index (κ2) is 9.47. The number of ether oxygens (including phenoxy) is 2. The third-order valence-electron chi connectivity index (χ3n) is 5.85. The van der Waals surface area contributed by atoms with Crippen molar-refractivity contribution in [2.24, 2.45) is 5.92 Å². The lowest BCUT2D eigenvalue weighted by atomic mass is 9.87. The first-order chi connectivity index (χ1) is 14.3. The van der Waals surface area contributed by atoms with E-state index >= 15 is 0 Å². The van der Waals surface area contributed by atoms with Crippen molar-refractivity contribution < 1.29 is 23.6 Å². The van der Waals surface area contributed by atoms with Crippen molar-refractivity contribution in [1.29, 1.82) is 0 Å². The van der Waals surface area contributed by atoms with E-state index in [0.717, 1.165) is 24.1 Å². The molecule has 162 valence electrons. The SMILES string of the molecule is COc1cc2c(cc1OC)[C@@H]([C@H](C)NC(=O)C(C)C)[NH+](Cc1cccc(F)c1)CC2. The highest BCUT2D eigenvalue weighted by Gasteiger charge is 2.37. The normalized spacial score (nSPS) is 19.2. The third kappa shape index (κ3) is 4.75. The van der Waals surface area contributed by atoms with Gasteiger partial charge >= 0.3 is 0 Å². The zero-order valence-corrected chi connectivity index (χ0v) is 18.4. The smallest absolute Gasteiger partial charge is 0.222 e. The number of hydrogen-bond donors (Lipinski definition) is 2. The Balaban J connectivity index is 1.99. The Bertz CT molecular complexity index is 900. The lowest BCUT2D eigenvalue weighted by Gasteiger charge is -2.38. The van der Waals surface area contributed by atoms with E-state index in [1.807, 2.05) is 39.0 Å². The minimum atomic E-state index is -0.228. The molecule has 0 saturated heterocycles. The van der Waals surface area contributed by atoms with E-state index in [2.05, 4.69) is 5.32 Å². The molecule has 6 heteroatoms. The molecular formula is C24H32FN2O3+. The predicted molar refractivity (Wildman–Crippen MR) is 114 cm³/mol. The summed E-state index contributed by atoms with van der Waals surface area (Å²) in [5, 5.41) is 3.18. The number of rotatable bonds is 7. The highest BCUT2D eigenvalue weighted by atomic mass is 19.1. The van der Waals surface area contributed by atoms with Crippen molar-refractivity contribution >= 4 is 5.91 Å². The van der Waals surface area contributed by atoms with Crippen LogP contribution in [0, 0.1) is 11.7 Å². The van der Waals surface area contributed by atoms with E-state index < -0.39 is 0 Å². The monoisotopic (exact) mass is 415 g/mol. The van der Waals surface area contributed by atoms with E-state index in [0.29, 0.717) is 18.0 Å². The molecule has 0 radical (unpaired) electrons. The molecule has 2 aromatic rings. The van der Waals surface area contributed by atoms with E-state index in [-0.39, 0.29) is 29.7 Å². The van der Waals surface area contributed by atoms with Crippen LogP contribution in [0.25, 0.3) is 0 Å². The summed E-state index contributed by atoms with van der Waals surface area (Å²) in [6.07, 6.45) is 0.877. The molecule has 30 heavy (non-hydrogen) atoms. The van der Waals surface area contributed by atoms with Gasteiger partial charge in [0, 0.05) is 23.5 Å². The zero-order chi connectivity index (χ0) is 21.8. The van der Waals surface area contributed by atoms with Gasteiger partial charge in [-0.1, -0.05) is 26.0 Å². The second-order valence-electron chi connectivity index (χ2n) is 8.30. The van der Waals surface area contributed by atoms with E-state index in [1.54, 1.807) is 26.4 Å². The number of carbonyl (C=O) groups is 1. The molecule has 2 aromatic carbocycles. The molecule has 0 saturated carbocycles. The summed E-state index contributed by atoms with van der Waals surface area (Å²) in [5.74, 6) is 1.10. The Morgan fingerprint density at radius 2 is 1.87 bits per heavy atom. The fourth-order valence-electron chi connectivity index (χ4n) is 4.32. The van der Waals surface area contributed by atoms with Gasteiger partial charge < -0.3 is 19.7 Å². The first kappa shape index (κ1) is 22.1. The molecule has 1 aliphatic heterocycles. The number of nitrogens with one attached hydrogen (secondary N) is 2. The highest BCUT2D eigenvalue weighted by molar-refractivity contribution is 5.78. The van der Waals surface area contributed by atoms with Crippen molar-refractivity contribution in [3.05, 3.63) is 58.9 Å². The molecule has 1 heterocycles. The van der Waals surface area contributed by atoms with Crippen LogP contribution in [-0.4, -0.2) is 32.7 Å². The Morgan fingerprint density at radius 1 is 1.17 bits per heavy atom. The van der Waals surface area contributed by atoms with Gasteiger partial charge in [0.1, 0.15) is 18.4 Å². The van der Waals surface area contributed by atoms with Crippen molar-refractivity contribution in [2.45, 2.75) is 45.8 Å². The molecule has 1 amide bonds.